The molecule has 0 saturated carbocycles. The number of benzene rings is 2. The lowest BCUT2D eigenvalue weighted by Gasteiger charge is -2.06. The van der Waals surface area contributed by atoms with E-state index in [1.54, 1.807) is 0 Å². The smallest absolute Gasteiger partial charge is 0.255 e. The molecule has 0 saturated heterocycles. The molecule has 19 heavy (non-hydrogen) atoms. The Kier molecular flexibility index (Phi) is 4.02. The van der Waals surface area contributed by atoms with Crippen molar-refractivity contribution in [3.05, 3.63) is 63.6 Å². The molecule has 2 aromatic rings. The topological polar surface area (TPSA) is 29.1 Å². The Morgan fingerprint density at radius 3 is 1.95 bits per heavy atom. The molecule has 0 radical (unpaired) electrons. The lowest BCUT2D eigenvalue weighted by Crippen LogP contribution is -2.12. The molecule has 1 N–H and O–H groups in total. The van der Waals surface area contributed by atoms with Crippen molar-refractivity contribution in [1.29, 1.82) is 0 Å². The van der Waals surface area contributed by atoms with Crippen LogP contribution in [0.2, 0.25) is 10.0 Å². The van der Waals surface area contributed by atoms with Crippen molar-refractivity contribution in [2.24, 2.45) is 0 Å². The van der Waals surface area contributed by atoms with Gasteiger partial charge in [0.25, 0.3) is 5.91 Å². The van der Waals surface area contributed by atoms with Crippen LogP contribution in [0.5, 0.6) is 0 Å². The molecule has 0 spiro atoms. The minimum absolute atomic E-state index is 0.131. The average molecular weight is 302 g/mol. The number of carbonyl (C=O) groups is 1. The molecule has 0 aliphatic rings. The lowest BCUT2D eigenvalue weighted by atomic mass is 10.2. The van der Waals surface area contributed by atoms with Crippen molar-refractivity contribution >= 4 is 34.8 Å². The van der Waals surface area contributed by atoms with Gasteiger partial charge in [-0.05, 0) is 30.3 Å². The summed E-state index contributed by atoms with van der Waals surface area (Å²) < 4.78 is 26.0. The van der Waals surface area contributed by atoms with E-state index in [0.717, 1.165) is 12.1 Å². The molecule has 0 bridgehead atoms. The van der Waals surface area contributed by atoms with Crippen molar-refractivity contribution in [3.8, 4) is 0 Å². The second kappa shape index (κ2) is 5.55. The first-order chi connectivity index (χ1) is 8.94. The van der Waals surface area contributed by atoms with Crippen LogP contribution in [0.4, 0.5) is 14.5 Å². The summed E-state index contributed by atoms with van der Waals surface area (Å²) in [7, 11) is 0. The van der Waals surface area contributed by atoms with Gasteiger partial charge in [0.05, 0.1) is 0 Å². The van der Waals surface area contributed by atoms with Gasteiger partial charge in [-0.1, -0.05) is 23.2 Å². The predicted molar refractivity (Wildman–Crippen MR) is 70.8 cm³/mol. The normalized spacial score (nSPS) is 10.3. The number of halogens is 4. The first-order valence-corrected chi connectivity index (χ1v) is 5.93. The number of amides is 1. The summed E-state index contributed by atoms with van der Waals surface area (Å²) in [5.41, 5.74) is 0.209. The number of anilines is 1. The third-order valence-electron chi connectivity index (χ3n) is 2.25. The highest BCUT2D eigenvalue weighted by Crippen LogP contribution is 2.23. The highest BCUT2D eigenvalue weighted by molar-refractivity contribution is 6.35. The van der Waals surface area contributed by atoms with Crippen LogP contribution in [-0.2, 0) is 0 Å². The number of carbonyl (C=O) groups excluding carboxylic acids is 1. The molecule has 0 aromatic heterocycles. The average Bonchev–Trinajstić information content (AvgIpc) is 2.25. The Bertz CT molecular complexity index is 606. The Hall–Kier alpha value is -1.65. The predicted octanol–water partition coefficient (Wildman–Crippen LogP) is 4.52. The molecule has 6 heteroatoms. The number of hydrogen-bond donors (Lipinski definition) is 1. The summed E-state index contributed by atoms with van der Waals surface area (Å²) in [4.78, 5) is 11.8. The molecular formula is C13H7Cl2F2NO. The van der Waals surface area contributed by atoms with Crippen molar-refractivity contribution < 1.29 is 13.6 Å². The van der Waals surface area contributed by atoms with E-state index in [9.17, 15) is 13.6 Å². The second-order valence-corrected chi connectivity index (χ2v) is 4.64. The highest BCUT2D eigenvalue weighted by Gasteiger charge is 2.10. The van der Waals surface area contributed by atoms with Crippen LogP contribution < -0.4 is 5.32 Å². The van der Waals surface area contributed by atoms with Crippen LogP contribution in [0.15, 0.2) is 36.4 Å². The summed E-state index contributed by atoms with van der Waals surface area (Å²) in [5, 5.41) is 3.14. The SMILES string of the molecule is O=C(Nc1cc(Cl)cc(Cl)c1)c1cc(F)cc(F)c1. The van der Waals surface area contributed by atoms with Crippen LogP contribution in [0.3, 0.4) is 0 Å². The fourth-order valence-corrected chi connectivity index (χ4v) is 2.04. The third-order valence-corrected chi connectivity index (χ3v) is 2.68. The van der Waals surface area contributed by atoms with Gasteiger partial charge in [-0.3, -0.25) is 4.79 Å². The van der Waals surface area contributed by atoms with E-state index in [2.05, 4.69) is 5.32 Å². The van der Waals surface area contributed by atoms with Crippen molar-refractivity contribution in [3.63, 3.8) is 0 Å². The summed E-state index contributed by atoms with van der Waals surface area (Å²) in [5.74, 6) is -2.31. The molecule has 2 nitrogen and oxygen atoms in total. The van der Waals surface area contributed by atoms with Gasteiger partial charge in [0, 0.05) is 27.4 Å². The third kappa shape index (κ3) is 3.66. The molecule has 0 aliphatic heterocycles. The van der Waals surface area contributed by atoms with Crippen LogP contribution in [0, 0.1) is 11.6 Å². The van der Waals surface area contributed by atoms with Crippen LogP contribution >= 0.6 is 23.2 Å². The van der Waals surface area contributed by atoms with E-state index < -0.39 is 17.5 Å². The Morgan fingerprint density at radius 2 is 1.42 bits per heavy atom. The zero-order chi connectivity index (χ0) is 14.0. The maximum Gasteiger partial charge on any atom is 0.255 e. The van der Waals surface area contributed by atoms with Gasteiger partial charge in [0.2, 0.25) is 0 Å². The van der Waals surface area contributed by atoms with Gasteiger partial charge in [-0.15, -0.1) is 0 Å². The van der Waals surface area contributed by atoms with Gasteiger partial charge >= 0.3 is 0 Å². The van der Waals surface area contributed by atoms with Crippen molar-refractivity contribution in [2.45, 2.75) is 0 Å². The van der Waals surface area contributed by atoms with E-state index >= 15 is 0 Å². The summed E-state index contributed by atoms with van der Waals surface area (Å²) in [6, 6.07) is 7.00. The monoisotopic (exact) mass is 301 g/mol. The largest absolute Gasteiger partial charge is 0.322 e. The first kappa shape index (κ1) is 13.8. The number of hydrogen-bond acceptors (Lipinski definition) is 1. The first-order valence-electron chi connectivity index (χ1n) is 5.17. The maximum atomic E-state index is 13.0. The zero-order valence-electron chi connectivity index (χ0n) is 9.38. The van der Waals surface area contributed by atoms with Crippen molar-refractivity contribution in [1.82, 2.24) is 0 Å². The van der Waals surface area contributed by atoms with Gasteiger partial charge in [-0.25, -0.2) is 8.78 Å². The van der Waals surface area contributed by atoms with E-state index in [-0.39, 0.29) is 5.56 Å². The molecule has 0 fully saturated rings. The molecular weight excluding hydrogens is 295 g/mol. The van der Waals surface area contributed by atoms with Crippen LogP contribution in [0.1, 0.15) is 10.4 Å². The van der Waals surface area contributed by atoms with Gasteiger partial charge in [0.1, 0.15) is 11.6 Å². The molecule has 0 unspecified atom stereocenters. The molecule has 0 aliphatic carbocycles. The van der Waals surface area contributed by atoms with E-state index in [1.165, 1.54) is 18.2 Å². The van der Waals surface area contributed by atoms with E-state index in [4.69, 9.17) is 23.2 Å². The Balaban J connectivity index is 2.25. The Labute approximate surface area is 118 Å². The Morgan fingerprint density at radius 1 is 0.895 bits per heavy atom. The van der Waals surface area contributed by atoms with Crippen LogP contribution in [-0.4, -0.2) is 5.91 Å². The highest BCUT2D eigenvalue weighted by atomic mass is 35.5. The van der Waals surface area contributed by atoms with Crippen LogP contribution in [0.25, 0.3) is 0 Å². The lowest BCUT2D eigenvalue weighted by molar-refractivity contribution is 0.102. The standard InChI is InChI=1S/C13H7Cl2F2NO/c14-8-3-9(15)5-12(4-8)18-13(19)7-1-10(16)6-11(17)2-7/h1-6H,(H,18,19). The second-order valence-electron chi connectivity index (χ2n) is 3.77. The van der Waals surface area contributed by atoms with Gasteiger partial charge < -0.3 is 5.32 Å². The van der Waals surface area contributed by atoms with Crippen molar-refractivity contribution in [2.75, 3.05) is 5.32 Å². The van der Waals surface area contributed by atoms with Gasteiger partial charge in [0.15, 0.2) is 0 Å². The number of rotatable bonds is 2. The molecule has 0 heterocycles. The maximum absolute atomic E-state index is 13.0. The van der Waals surface area contributed by atoms with Gasteiger partial charge in [-0.2, -0.15) is 0 Å². The number of nitrogens with one attached hydrogen (secondary N) is 1. The molecule has 98 valence electrons. The minimum atomic E-state index is -0.825. The molecule has 2 aromatic carbocycles. The molecule has 1 amide bonds. The quantitative estimate of drug-likeness (QED) is 0.868. The molecule has 0 atom stereocenters. The van der Waals surface area contributed by atoms with E-state index in [0.29, 0.717) is 21.8 Å². The fourth-order valence-electron chi connectivity index (χ4n) is 1.51. The van der Waals surface area contributed by atoms with E-state index in [1.807, 2.05) is 0 Å². The fraction of sp³-hybridized carbons (Fsp3) is 0. The molecule has 2 rings (SSSR count). The summed E-state index contributed by atoms with van der Waals surface area (Å²) >= 11 is 11.5. The minimum Gasteiger partial charge on any atom is -0.322 e. The summed E-state index contributed by atoms with van der Waals surface area (Å²) in [6.07, 6.45) is 0. The zero-order valence-corrected chi connectivity index (χ0v) is 10.9. The summed E-state index contributed by atoms with van der Waals surface area (Å²) in [6.45, 7) is 0.